The Bertz CT molecular complexity index is 447. The van der Waals surface area contributed by atoms with E-state index < -0.39 is 0 Å². The minimum atomic E-state index is 0.437. The van der Waals surface area contributed by atoms with Gasteiger partial charge in [0.1, 0.15) is 0 Å². The van der Waals surface area contributed by atoms with E-state index in [9.17, 15) is 0 Å². The molecule has 0 aromatic carbocycles. The first-order valence-corrected chi connectivity index (χ1v) is 6.24. The molecule has 0 amide bonds. The number of nitrogens with zero attached hydrogens (tertiary/aromatic N) is 1. The van der Waals surface area contributed by atoms with Gasteiger partial charge in [0.2, 0.25) is 0 Å². The van der Waals surface area contributed by atoms with Crippen molar-refractivity contribution in [1.82, 2.24) is 4.90 Å². The lowest BCUT2D eigenvalue weighted by Crippen LogP contribution is -2.26. The second kappa shape index (κ2) is 4.56. The van der Waals surface area contributed by atoms with E-state index in [1.807, 2.05) is 0 Å². The van der Waals surface area contributed by atoms with Gasteiger partial charge in [-0.15, -0.1) is 0 Å². The smallest absolute Gasteiger partial charge is 0.0319 e. The molecule has 0 N–H and O–H groups in total. The van der Waals surface area contributed by atoms with Gasteiger partial charge in [0.05, 0.1) is 0 Å². The predicted octanol–water partition coefficient (Wildman–Crippen LogP) is 3.58. The van der Waals surface area contributed by atoms with Crippen LogP contribution < -0.4 is 0 Å². The quantitative estimate of drug-likeness (QED) is 0.746. The molecule has 2 heteroatoms. The van der Waals surface area contributed by atoms with Crippen molar-refractivity contribution in [3.8, 4) is 0 Å². The summed E-state index contributed by atoms with van der Waals surface area (Å²) in [6, 6.07) is 0.437. The summed E-state index contributed by atoms with van der Waals surface area (Å²) in [4.78, 5) is 2.23. The van der Waals surface area contributed by atoms with Gasteiger partial charge in [0.25, 0.3) is 0 Å². The number of rotatable bonds is 2. The van der Waals surface area contributed by atoms with Crippen LogP contribution >= 0.6 is 15.9 Å². The van der Waals surface area contributed by atoms with E-state index in [1.54, 1.807) is 0 Å². The molecule has 2 aliphatic carbocycles. The van der Waals surface area contributed by atoms with Crippen LogP contribution in [-0.2, 0) is 0 Å². The van der Waals surface area contributed by atoms with Crippen molar-refractivity contribution < 1.29 is 0 Å². The number of likely N-dealkylation sites (N-methyl/N-ethyl adjacent to an activating group) is 1. The third-order valence-corrected chi connectivity index (χ3v) is 3.82. The molecule has 0 saturated carbocycles. The van der Waals surface area contributed by atoms with Crippen LogP contribution in [0.5, 0.6) is 0 Å². The van der Waals surface area contributed by atoms with Gasteiger partial charge < -0.3 is 4.90 Å². The molecule has 1 nitrogen and oxygen atoms in total. The van der Waals surface area contributed by atoms with Crippen LogP contribution in [0, 0.1) is 0 Å². The first kappa shape index (κ1) is 11.6. The maximum atomic E-state index is 3.59. The van der Waals surface area contributed by atoms with Crippen LogP contribution in [0.15, 0.2) is 57.7 Å². The average Bonchev–Trinajstić information content (AvgIpc) is 2.84. The third-order valence-electron chi connectivity index (χ3n) is 3.13. The van der Waals surface area contributed by atoms with Crippen LogP contribution in [0.2, 0.25) is 0 Å². The minimum Gasteiger partial charge on any atom is -0.303 e. The standard InChI is InChI=1S/C14H16BrN/c1-10(16(2)3)11-6-4-7-12(11)13-8-5-9-14(13)15/h4-10H,1-3H3/b13-12-/t10-/m0/s1. The van der Waals surface area contributed by atoms with Crippen LogP contribution in [-0.4, -0.2) is 25.0 Å². The Morgan fingerprint density at radius 2 is 1.69 bits per heavy atom. The molecule has 2 aliphatic rings. The Hall–Kier alpha value is -0.860. The molecule has 0 saturated heterocycles. The monoisotopic (exact) mass is 277 g/mol. The fourth-order valence-electron chi connectivity index (χ4n) is 1.94. The second-order valence-electron chi connectivity index (χ2n) is 4.32. The van der Waals surface area contributed by atoms with Crippen molar-refractivity contribution >= 4 is 15.9 Å². The van der Waals surface area contributed by atoms with Crippen LogP contribution in [0.3, 0.4) is 0 Å². The van der Waals surface area contributed by atoms with E-state index >= 15 is 0 Å². The molecular weight excluding hydrogens is 262 g/mol. The zero-order valence-electron chi connectivity index (χ0n) is 9.87. The summed E-state index contributed by atoms with van der Waals surface area (Å²) in [5.74, 6) is 0. The van der Waals surface area contributed by atoms with Gasteiger partial charge in [-0.25, -0.2) is 0 Å². The lowest BCUT2D eigenvalue weighted by molar-refractivity contribution is 0.354. The molecule has 0 heterocycles. The summed E-state index contributed by atoms with van der Waals surface area (Å²) in [6.45, 7) is 2.23. The average molecular weight is 278 g/mol. The number of halogens is 1. The highest BCUT2D eigenvalue weighted by Crippen LogP contribution is 2.34. The molecule has 0 aliphatic heterocycles. The Morgan fingerprint density at radius 1 is 1.06 bits per heavy atom. The molecule has 2 rings (SSSR count). The molecule has 0 radical (unpaired) electrons. The van der Waals surface area contributed by atoms with Crippen LogP contribution in [0.1, 0.15) is 6.92 Å². The summed E-state index contributed by atoms with van der Waals surface area (Å²) in [6.07, 6.45) is 12.9. The summed E-state index contributed by atoms with van der Waals surface area (Å²) >= 11 is 3.59. The minimum absolute atomic E-state index is 0.437. The molecule has 0 fully saturated rings. The largest absolute Gasteiger partial charge is 0.303 e. The molecule has 0 bridgehead atoms. The number of hydrogen-bond acceptors (Lipinski definition) is 1. The highest BCUT2D eigenvalue weighted by atomic mass is 79.9. The SMILES string of the molecule is C[C@@H](C1=CC=C/C1=C1\C=CC=C1Br)N(C)C. The first-order valence-electron chi connectivity index (χ1n) is 5.45. The van der Waals surface area contributed by atoms with Crippen molar-refractivity contribution in [3.63, 3.8) is 0 Å². The van der Waals surface area contributed by atoms with Gasteiger partial charge in [-0.05, 0) is 43.8 Å². The van der Waals surface area contributed by atoms with Gasteiger partial charge in [-0.3, -0.25) is 0 Å². The van der Waals surface area contributed by atoms with E-state index in [-0.39, 0.29) is 0 Å². The molecule has 16 heavy (non-hydrogen) atoms. The van der Waals surface area contributed by atoms with Crippen molar-refractivity contribution in [2.75, 3.05) is 14.1 Å². The Kier molecular flexibility index (Phi) is 3.31. The lowest BCUT2D eigenvalue weighted by Gasteiger charge is -2.23. The normalized spacial score (nSPS) is 25.3. The summed E-state index contributed by atoms with van der Waals surface area (Å²) < 4.78 is 1.17. The van der Waals surface area contributed by atoms with Gasteiger partial charge in [-0.2, -0.15) is 0 Å². The molecule has 0 aromatic heterocycles. The molecule has 84 valence electrons. The van der Waals surface area contributed by atoms with Gasteiger partial charge >= 0.3 is 0 Å². The van der Waals surface area contributed by atoms with Gasteiger partial charge in [0, 0.05) is 10.5 Å². The Labute approximate surface area is 106 Å². The second-order valence-corrected chi connectivity index (χ2v) is 5.18. The molecule has 1 atom stereocenters. The van der Waals surface area contributed by atoms with E-state index in [2.05, 4.69) is 78.3 Å². The lowest BCUT2D eigenvalue weighted by atomic mass is 9.97. The fourth-order valence-corrected chi connectivity index (χ4v) is 2.44. The molecule has 0 aromatic rings. The first-order chi connectivity index (χ1) is 7.61. The molecular formula is C14H16BrN. The van der Waals surface area contributed by atoms with Crippen molar-refractivity contribution in [1.29, 1.82) is 0 Å². The van der Waals surface area contributed by atoms with E-state index in [0.29, 0.717) is 6.04 Å². The van der Waals surface area contributed by atoms with Gasteiger partial charge in [-0.1, -0.05) is 46.3 Å². The summed E-state index contributed by atoms with van der Waals surface area (Å²) in [7, 11) is 4.23. The topological polar surface area (TPSA) is 3.24 Å². The Morgan fingerprint density at radius 3 is 2.25 bits per heavy atom. The highest BCUT2D eigenvalue weighted by molar-refractivity contribution is 9.12. The van der Waals surface area contributed by atoms with Crippen molar-refractivity contribution in [3.05, 3.63) is 57.7 Å². The third kappa shape index (κ3) is 2.00. The van der Waals surface area contributed by atoms with E-state index in [1.165, 1.54) is 21.2 Å². The Balaban J connectivity index is 2.38. The summed E-state index contributed by atoms with van der Waals surface area (Å²) in [5.41, 5.74) is 4.00. The van der Waals surface area contributed by atoms with Crippen LogP contribution in [0.4, 0.5) is 0 Å². The summed E-state index contributed by atoms with van der Waals surface area (Å²) in [5, 5.41) is 0. The number of hydrogen-bond donors (Lipinski definition) is 0. The van der Waals surface area contributed by atoms with Crippen LogP contribution in [0.25, 0.3) is 0 Å². The predicted molar refractivity (Wildman–Crippen MR) is 73.5 cm³/mol. The van der Waals surface area contributed by atoms with Gasteiger partial charge in [0.15, 0.2) is 0 Å². The molecule has 0 spiro atoms. The fraction of sp³-hybridized carbons (Fsp3) is 0.286. The van der Waals surface area contributed by atoms with Crippen molar-refractivity contribution in [2.45, 2.75) is 13.0 Å². The maximum Gasteiger partial charge on any atom is 0.0319 e. The van der Waals surface area contributed by atoms with Crippen molar-refractivity contribution in [2.24, 2.45) is 0 Å². The highest BCUT2D eigenvalue weighted by Gasteiger charge is 2.20. The number of allylic oxidation sites excluding steroid dienone is 8. The maximum absolute atomic E-state index is 3.59. The zero-order chi connectivity index (χ0) is 11.7. The zero-order valence-corrected chi connectivity index (χ0v) is 11.5. The van der Waals surface area contributed by atoms with E-state index in [4.69, 9.17) is 0 Å². The van der Waals surface area contributed by atoms with E-state index in [0.717, 1.165) is 0 Å². The molecule has 0 unspecified atom stereocenters.